The molecule has 0 aliphatic rings. The third-order valence-electron chi connectivity index (χ3n) is 4.37. The highest BCUT2D eigenvalue weighted by Gasteiger charge is 2.07. The number of benzene rings is 3. The fourth-order valence-corrected chi connectivity index (χ4v) is 3.29. The Hall–Kier alpha value is -2.96. The van der Waals surface area contributed by atoms with Gasteiger partial charge in [0.15, 0.2) is 5.11 Å². The highest BCUT2D eigenvalue weighted by atomic mass is 79.9. The highest BCUT2D eigenvalue weighted by Crippen LogP contribution is 2.22. The number of rotatable bonds is 4. The molecule has 0 saturated heterocycles. The molecule has 4 nitrogen and oxygen atoms in total. The van der Waals surface area contributed by atoms with Gasteiger partial charge in [-0.2, -0.15) is 0 Å². The largest absolute Gasteiger partial charge is 0.436 e. The molecule has 0 aliphatic heterocycles. The van der Waals surface area contributed by atoms with Crippen molar-refractivity contribution in [2.75, 3.05) is 0 Å². The predicted molar refractivity (Wildman–Crippen MR) is 124 cm³/mol. The van der Waals surface area contributed by atoms with Gasteiger partial charge in [-0.15, -0.1) is 5.10 Å². The summed E-state index contributed by atoms with van der Waals surface area (Å²) in [6.45, 7) is 0.622. The lowest BCUT2D eigenvalue weighted by Gasteiger charge is -2.08. The first-order valence-corrected chi connectivity index (χ1v) is 10.3. The second-order valence-electron chi connectivity index (χ2n) is 6.40. The molecule has 4 aromatic rings. The van der Waals surface area contributed by atoms with Crippen LogP contribution in [0.5, 0.6) is 0 Å². The Labute approximate surface area is 182 Å². The van der Waals surface area contributed by atoms with Gasteiger partial charge in [-0.05, 0) is 47.6 Å². The quantitative estimate of drug-likeness (QED) is 0.316. The van der Waals surface area contributed by atoms with Crippen LogP contribution in [0.4, 0.5) is 0 Å². The molecule has 6 heteroatoms. The third kappa shape index (κ3) is 4.91. The van der Waals surface area contributed by atoms with Crippen molar-refractivity contribution in [3.8, 4) is 11.1 Å². The molecule has 0 bridgehead atoms. The average Bonchev–Trinajstić information content (AvgIpc) is 2.77. The number of thiocarbonyl (C=S) groups is 1. The van der Waals surface area contributed by atoms with Crippen LogP contribution in [0.3, 0.4) is 0 Å². The van der Waals surface area contributed by atoms with Crippen LogP contribution in [0.15, 0.2) is 98.9 Å². The van der Waals surface area contributed by atoms with Crippen LogP contribution in [0.25, 0.3) is 22.1 Å². The number of nitrogens with zero attached hydrogens (tertiary/aromatic N) is 1. The Morgan fingerprint density at radius 1 is 0.931 bits per heavy atom. The van der Waals surface area contributed by atoms with Gasteiger partial charge in [0.1, 0.15) is 5.58 Å². The smallest absolute Gasteiger partial charge is 0.244 e. The van der Waals surface area contributed by atoms with Crippen molar-refractivity contribution in [2.45, 2.75) is 6.54 Å². The SMILES string of the molecule is S=C(NCc1ccccc1)N/N=c1/oc2ccccc2cc1-c1ccc(Br)cc1. The van der Waals surface area contributed by atoms with E-state index in [2.05, 4.69) is 37.8 Å². The minimum Gasteiger partial charge on any atom is -0.436 e. The van der Waals surface area contributed by atoms with Crippen LogP contribution in [0, 0.1) is 0 Å². The number of nitrogens with one attached hydrogen (secondary N) is 2. The van der Waals surface area contributed by atoms with Gasteiger partial charge in [-0.1, -0.05) is 76.6 Å². The minimum absolute atomic E-state index is 0.430. The number of hydrogen-bond donors (Lipinski definition) is 2. The van der Waals surface area contributed by atoms with E-state index in [0.29, 0.717) is 17.2 Å². The molecule has 0 radical (unpaired) electrons. The summed E-state index contributed by atoms with van der Waals surface area (Å²) in [5, 5.41) is 9.03. The molecule has 1 aromatic heterocycles. The summed E-state index contributed by atoms with van der Waals surface area (Å²) >= 11 is 8.84. The zero-order valence-corrected chi connectivity index (χ0v) is 17.8. The summed E-state index contributed by atoms with van der Waals surface area (Å²) in [7, 11) is 0. The van der Waals surface area contributed by atoms with Gasteiger partial charge in [0, 0.05) is 22.0 Å². The predicted octanol–water partition coefficient (Wildman–Crippen LogP) is 5.34. The Morgan fingerprint density at radius 2 is 1.66 bits per heavy atom. The Bertz CT molecular complexity index is 1200. The van der Waals surface area contributed by atoms with Gasteiger partial charge in [-0.25, -0.2) is 0 Å². The first kappa shape index (κ1) is 19.4. The standard InChI is InChI=1S/C23H18BrN3OS/c24-19-12-10-17(11-13-19)20-14-18-8-4-5-9-21(18)28-22(20)26-27-23(29)25-15-16-6-2-1-3-7-16/h1-14H,15H2,(H2,25,27,29)/b26-22+. The van der Waals surface area contributed by atoms with Crippen LogP contribution in [-0.4, -0.2) is 5.11 Å². The van der Waals surface area contributed by atoms with Gasteiger partial charge in [0.2, 0.25) is 5.55 Å². The zero-order chi connectivity index (χ0) is 20.1. The molecule has 0 spiro atoms. The van der Waals surface area contributed by atoms with Crippen LogP contribution >= 0.6 is 28.1 Å². The summed E-state index contributed by atoms with van der Waals surface area (Å²) in [5.41, 5.74) is 7.16. The molecular weight excluding hydrogens is 446 g/mol. The van der Waals surface area contributed by atoms with Crippen LogP contribution < -0.4 is 16.3 Å². The molecule has 0 unspecified atom stereocenters. The van der Waals surface area contributed by atoms with E-state index in [0.717, 1.165) is 32.1 Å². The van der Waals surface area contributed by atoms with Crippen LogP contribution in [0.2, 0.25) is 0 Å². The van der Waals surface area contributed by atoms with E-state index in [9.17, 15) is 0 Å². The van der Waals surface area contributed by atoms with Gasteiger partial charge >= 0.3 is 0 Å². The van der Waals surface area contributed by atoms with Crippen molar-refractivity contribution in [3.63, 3.8) is 0 Å². The molecule has 144 valence electrons. The molecule has 0 saturated carbocycles. The maximum Gasteiger partial charge on any atom is 0.244 e. The lowest BCUT2D eigenvalue weighted by Crippen LogP contribution is -2.33. The molecule has 4 rings (SSSR count). The summed E-state index contributed by atoms with van der Waals surface area (Å²) in [4.78, 5) is 0. The average molecular weight is 464 g/mol. The molecule has 0 fully saturated rings. The van der Waals surface area contributed by atoms with E-state index in [1.165, 1.54) is 0 Å². The van der Waals surface area contributed by atoms with E-state index in [-0.39, 0.29) is 0 Å². The third-order valence-corrected chi connectivity index (χ3v) is 5.13. The summed E-state index contributed by atoms with van der Waals surface area (Å²) in [6.07, 6.45) is 0. The van der Waals surface area contributed by atoms with Gasteiger partial charge in [0.25, 0.3) is 0 Å². The second-order valence-corrected chi connectivity index (χ2v) is 7.73. The summed E-state index contributed by atoms with van der Waals surface area (Å²) in [5.74, 6) is 0. The van der Waals surface area contributed by atoms with Crippen molar-refractivity contribution in [3.05, 3.63) is 101 Å². The Morgan fingerprint density at radius 3 is 2.45 bits per heavy atom. The number of halogens is 1. The maximum atomic E-state index is 6.06. The van der Waals surface area contributed by atoms with E-state index in [1.54, 1.807) is 0 Å². The van der Waals surface area contributed by atoms with Gasteiger partial charge in [-0.3, -0.25) is 5.43 Å². The number of fused-ring (bicyclic) bond motifs is 1. The minimum atomic E-state index is 0.430. The number of hydrogen-bond acceptors (Lipinski definition) is 3. The molecule has 0 atom stereocenters. The normalized spacial score (nSPS) is 11.4. The maximum absolute atomic E-state index is 6.06. The lowest BCUT2D eigenvalue weighted by atomic mass is 10.1. The van der Waals surface area contributed by atoms with Gasteiger partial charge < -0.3 is 9.73 Å². The first-order chi connectivity index (χ1) is 14.2. The molecule has 0 amide bonds. The molecular formula is C23H18BrN3OS. The molecule has 3 aromatic carbocycles. The zero-order valence-electron chi connectivity index (χ0n) is 15.4. The molecule has 1 heterocycles. The topological polar surface area (TPSA) is 49.6 Å². The summed E-state index contributed by atoms with van der Waals surface area (Å²) < 4.78 is 7.08. The second kappa shape index (κ2) is 9.03. The monoisotopic (exact) mass is 463 g/mol. The Balaban J connectivity index is 1.63. The Kier molecular flexibility index (Phi) is 6.03. The van der Waals surface area contributed by atoms with Crippen LogP contribution in [0.1, 0.15) is 5.56 Å². The van der Waals surface area contributed by atoms with E-state index >= 15 is 0 Å². The fraction of sp³-hybridized carbons (Fsp3) is 0.0435. The van der Waals surface area contributed by atoms with Crippen molar-refractivity contribution in [1.29, 1.82) is 0 Å². The van der Waals surface area contributed by atoms with E-state index in [4.69, 9.17) is 16.6 Å². The van der Waals surface area contributed by atoms with Gasteiger partial charge in [0.05, 0.1) is 0 Å². The summed E-state index contributed by atoms with van der Waals surface area (Å²) in [6, 6.07) is 28.0. The highest BCUT2D eigenvalue weighted by molar-refractivity contribution is 9.10. The van der Waals surface area contributed by atoms with Crippen molar-refractivity contribution >= 4 is 44.2 Å². The molecule has 2 N–H and O–H groups in total. The number of para-hydroxylation sites is 1. The first-order valence-electron chi connectivity index (χ1n) is 9.09. The van der Waals surface area contributed by atoms with Crippen molar-refractivity contribution in [1.82, 2.24) is 10.7 Å². The molecule has 29 heavy (non-hydrogen) atoms. The van der Waals surface area contributed by atoms with Crippen LogP contribution in [-0.2, 0) is 6.54 Å². The van der Waals surface area contributed by atoms with E-state index in [1.807, 2.05) is 78.9 Å². The van der Waals surface area contributed by atoms with Crippen molar-refractivity contribution < 1.29 is 4.42 Å². The lowest BCUT2D eigenvalue weighted by molar-refractivity contribution is 0.532. The van der Waals surface area contributed by atoms with E-state index < -0.39 is 0 Å². The molecule has 0 aliphatic carbocycles. The van der Waals surface area contributed by atoms with Crippen molar-refractivity contribution in [2.24, 2.45) is 5.10 Å². The fourth-order valence-electron chi connectivity index (χ4n) is 2.91.